The standard InChI is InChI=1S/C20H27N3O3/c1-13(11-14-7-5-6-10-21-14)22-16(24)12-23-17(25)15-8-9-20(4,18(23)26)19(15,2)3/h5-7,10,13,15H,8-9,11-12H2,1-4H3,(H,22,24)/t13-,15-,20+/m1/s1. The highest BCUT2D eigenvalue weighted by Crippen LogP contribution is 2.59. The van der Waals surface area contributed by atoms with E-state index in [1.165, 1.54) is 4.90 Å². The molecule has 1 N–H and O–H groups in total. The second kappa shape index (κ2) is 6.49. The lowest BCUT2D eigenvalue weighted by Gasteiger charge is -2.47. The number of nitrogens with zero attached hydrogens (tertiary/aromatic N) is 2. The summed E-state index contributed by atoms with van der Waals surface area (Å²) in [6.07, 6.45) is 3.72. The van der Waals surface area contributed by atoms with Gasteiger partial charge in [-0.2, -0.15) is 0 Å². The molecule has 3 rings (SSSR count). The van der Waals surface area contributed by atoms with Crippen LogP contribution in [0.3, 0.4) is 0 Å². The van der Waals surface area contributed by atoms with E-state index < -0.39 is 5.41 Å². The first-order chi connectivity index (χ1) is 12.2. The molecule has 2 fully saturated rings. The number of imide groups is 1. The van der Waals surface area contributed by atoms with E-state index in [9.17, 15) is 14.4 Å². The lowest BCUT2D eigenvalue weighted by atomic mass is 9.62. The van der Waals surface area contributed by atoms with Crippen molar-refractivity contribution in [2.45, 2.75) is 53.0 Å². The largest absolute Gasteiger partial charge is 0.352 e. The van der Waals surface area contributed by atoms with Crippen LogP contribution in [-0.2, 0) is 20.8 Å². The van der Waals surface area contributed by atoms with Gasteiger partial charge in [0.15, 0.2) is 0 Å². The van der Waals surface area contributed by atoms with Crippen LogP contribution in [0.25, 0.3) is 0 Å². The quantitative estimate of drug-likeness (QED) is 0.817. The molecule has 0 radical (unpaired) electrons. The molecule has 1 saturated heterocycles. The fourth-order valence-corrected chi connectivity index (χ4v) is 4.40. The molecule has 6 heteroatoms. The molecule has 1 aromatic rings. The Kier molecular flexibility index (Phi) is 4.63. The third-order valence-corrected chi connectivity index (χ3v) is 6.46. The Hall–Kier alpha value is -2.24. The fourth-order valence-electron chi connectivity index (χ4n) is 4.40. The van der Waals surface area contributed by atoms with E-state index in [2.05, 4.69) is 10.3 Å². The molecule has 2 aliphatic rings. The number of fused-ring (bicyclic) bond motifs is 2. The van der Waals surface area contributed by atoms with Gasteiger partial charge in [0.2, 0.25) is 17.7 Å². The molecule has 3 atom stereocenters. The smallest absolute Gasteiger partial charge is 0.240 e. The van der Waals surface area contributed by atoms with Gasteiger partial charge in [-0.3, -0.25) is 24.3 Å². The number of pyridine rings is 1. The maximum absolute atomic E-state index is 13.0. The molecule has 2 heterocycles. The number of amides is 3. The summed E-state index contributed by atoms with van der Waals surface area (Å²) in [5, 5.41) is 2.88. The summed E-state index contributed by atoms with van der Waals surface area (Å²) in [6.45, 7) is 7.60. The maximum Gasteiger partial charge on any atom is 0.240 e. The van der Waals surface area contributed by atoms with Gasteiger partial charge in [0, 0.05) is 30.3 Å². The summed E-state index contributed by atoms with van der Waals surface area (Å²) < 4.78 is 0. The number of hydrogen-bond acceptors (Lipinski definition) is 4. The van der Waals surface area contributed by atoms with Crippen molar-refractivity contribution >= 4 is 17.7 Å². The van der Waals surface area contributed by atoms with E-state index in [0.29, 0.717) is 19.3 Å². The molecular formula is C20H27N3O3. The molecule has 2 bridgehead atoms. The van der Waals surface area contributed by atoms with Crippen molar-refractivity contribution in [1.29, 1.82) is 0 Å². The van der Waals surface area contributed by atoms with Crippen molar-refractivity contribution in [1.82, 2.24) is 15.2 Å². The number of piperidine rings is 1. The second-order valence-electron chi connectivity index (χ2n) is 8.37. The number of likely N-dealkylation sites (tertiary alicyclic amines) is 1. The van der Waals surface area contributed by atoms with Crippen LogP contribution in [0.5, 0.6) is 0 Å². The summed E-state index contributed by atoms with van der Waals surface area (Å²) in [7, 11) is 0. The Labute approximate surface area is 154 Å². The van der Waals surface area contributed by atoms with Crippen molar-refractivity contribution in [3.63, 3.8) is 0 Å². The zero-order valence-electron chi connectivity index (χ0n) is 15.9. The highest BCUT2D eigenvalue weighted by Gasteiger charge is 2.64. The number of carbonyl (C=O) groups is 3. The third kappa shape index (κ3) is 2.91. The van der Waals surface area contributed by atoms with Crippen LogP contribution in [0.4, 0.5) is 0 Å². The van der Waals surface area contributed by atoms with Gasteiger partial charge in [0.1, 0.15) is 6.54 Å². The Morgan fingerprint density at radius 2 is 2.08 bits per heavy atom. The lowest BCUT2D eigenvalue weighted by molar-refractivity contribution is -0.169. The van der Waals surface area contributed by atoms with Gasteiger partial charge >= 0.3 is 0 Å². The average Bonchev–Trinajstić information content (AvgIpc) is 2.77. The summed E-state index contributed by atoms with van der Waals surface area (Å²) in [5.41, 5.74) is -0.0519. The van der Waals surface area contributed by atoms with Crippen LogP contribution in [-0.4, -0.2) is 40.2 Å². The number of hydrogen-bond donors (Lipinski definition) is 1. The second-order valence-corrected chi connectivity index (χ2v) is 8.37. The maximum atomic E-state index is 13.0. The van der Waals surface area contributed by atoms with Gasteiger partial charge in [0.25, 0.3) is 0 Å². The predicted molar refractivity (Wildman–Crippen MR) is 96.9 cm³/mol. The average molecular weight is 357 g/mol. The SMILES string of the molecule is C[C@H](Cc1ccccn1)NC(=O)CN1C(=O)[C@H]2CC[C@@](C)(C1=O)C2(C)C. The minimum absolute atomic E-state index is 0.129. The lowest BCUT2D eigenvalue weighted by Crippen LogP contribution is -2.60. The number of aromatic nitrogens is 1. The van der Waals surface area contributed by atoms with Crippen molar-refractivity contribution < 1.29 is 14.4 Å². The minimum atomic E-state index is -0.578. The Morgan fingerprint density at radius 1 is 1.35 bits per heavy atom. The van der Waals surface area contributed by atoms with E-state index in [0.717, 1.165) is 5.69 Å². The molecule has 26 heavy (non-hydrogen) atoms. The number of nitrogens with one attached hydrogen (secondary N) is 1. The van der Waals surface area contributed by atoms with Gasteiger partial charge in [-0.25, -0.2) is 0 Å². The van der Waals surface area contributed by atoms with Gasteiger partial charge in [-0.05, 0) is 37.3 Å². The van der Waals surface area contributed by atoms with Crippen LogP contribution >= 0.6 is 0 Å². The molecule has 1 aromatic heterocycles. The number of carbonyl (C=O) groups excluding carboxylic acids is 3. The predicted octanol–water partition coefficient (Wildman–Crippen LogP) is 1.94. The molecule has 0 spiro atoms. The molecule has 140 valence electrons. The van der Waals surface area contributed by atoms with Gasteiger partial charge in [-0.1, -0.05) is 26.8 Å². The van der Waals surface area contributed by atoms with E-state index in [4.69, 9.17) is 0 Å². The fraction of sp³-hybridized carbons (Fsp3) is 0.600. The normalized spacial score (nSPS) is 28.2. The van der Waals surface area contributed by atoms with E-state index in [1.807, 2.05) is 45.9 Å². The third-order valence-electron chi connectivity index (χ3n) is 6.46. The van der Waals surface area contributed by atoms with Crippen LogP contribution in [0.1, 0.15) is 46.2 Å². The molecule has 1 saturated carbocycles. The molecule has 1 aliphatic heterocycles. The van der Waals surface area contributed by atoms with E-state index in [-0.39, 0.29) is 41.6 Å². The van der Waals surface area contributed by atoms with Gasteiger partial charge < -0.3 is 5.32 Å². The molecule has 0 unspecified atom stereocenters. The van der Waals surface area contributed by atoms with Crippen LogP contribution < -0.4 is 5.32 Å². The zero-order chi connectivity index (χ0) is 19.1. The monoisotopic (exact) mass is 357 g/mol. The van der Waals surface area contributed by atoms with E-state index >= 15 is 0 Å². The van der Waals surface area contributed by atoms with Crippen molar-refractivity contribution in [2.75, 3.05) is 6.54 Å². The van der Waals surface area contributed by atoms with Gasteiger partial charge in [0.05, 0.1) is 5.41 Å². The first kappa shape index (κ1) is 18.5. The van der Waals surface area contributed by atoms with Crippen molar-refractivity contribution in [3.05, 3.63) is 30.1 Å². The zero-order valence-corrected chi connectivity index (χ0v) is 15.9. The van der Waals surface area contributed by atoms with Crippen molar-refractivity contribution in [2.24, 2.45) is 16.7 Å². The Bertz CT molecular complexity index is 731. The Balaban J connectivity index is 1.64. The summed E-state index contributed by atoms with van der Waals surface area (Å²) in [5.74, 6) is -0.918. The van der Waals surface area contributed by atoms with Crippen LogP contribution in [0, 0.1) is 16.7 Å². The molecule has 1 aliphatic carbocycles. The van der Waals surface area contributed by atoms with E-state index in [1.54, 1.807) is 6.20 Å². The molecular weight excluding hydrogens is 330 g/mol. The summed E-state index contributed by atoms with van der Waals surface area (Å²) >= 11 is 0. The molecule has 6 nitrogen and oxygen atoms in total. The summed E-state index contributed by atoms with van der Waals surface area (Å²) in [4.78, 5) is 43.6. The van der Waals surface area contributed by atoms with Crippen LogP contribution in [0.15, 0.2) is 24.4 Å². The molecule has 0 aromatic carbocycles. The molecule has 3 amide bonds. The van der Waals surface area contributed by atoms with Crippen molar-refractivity contribution in [3.8, 4) is 0 Å². The topological polar surface area (TPSA) is 79.4 Å². The Morgan fingerprint density at radius 3 is 2.73 bits per heavy atom. The first-order valence-corrected chi connectivity index (χ1v) is 9.22. The summed E-state index contributed by atoms with van der Waals surface area (Å²) in [6, 6.07) is 5.52. The highest BCUT2D eigenvalue weighted by molar-refractivity contribution is 6.06. The number of rotatable bonds is 5. The highest BCUT2D eigenvalue weighted by atomic mass is 16.2. The first-order valence-electron chi connectivity index (χ1n) is 9.22. The minimum Gasteiger partial charge on any atom is -0.352 e. The van der Waals surface area contributed by atoms with Gasteiger partial charge in [-0.15, -0.1) is 0 Å². The van der Waals surface area contributed by atoms with Crippen LogP contribution in [0.2, 0.25) is 0 Å².